The van der Waals surface area contributed by atoms with Crippen LogP contribution < -0.4 is 32.7 Å². The van der Waals surface area contributed by atoms with E-state index in [1.54, 1.807) is 24.5 Å². The highest BCUT2D eigenvalue weighted by Gasteiger charge is 2.35. The van der Waals surface area contributed by atoms with Gasteiger partial charge in [0.25, 0.3) is 0 Å². The third-order valence-corrected chi connectivity index (χ3v) is 9.37. The lowest BCUT2D eigenvalue weighted by Crippen LogP contribution is -2.45. The van der Waals surface area contributed by atoms with Crippen molar-refractivity contribution in [3.8, 4) is 0 Å². The van der Waals surface area contributed by atoms with Crippen LogP contribution in [-0.4, -0.2) is 70.3 Å². The van der Waals surface area contributed by atoms with Crippen LogP contribution in [0.5, 0.6) is 0 Å². The zero-order valence-electron chi connectivity index (χ0n) is 28.8. The third-order valence-electron chi connectivity index (χ3n) is 9.37. The second-order valence-corrected chi connectivity index (χ2v) is 13.0. The van der Waals surface area contributed by atoms with Crippen molar-refractivity contribution in [3.05, 3.63) is 131 Å². The van der Waals surface area contributed by atoms with Crippen LogP contribution in [0.3, 0.4) is 0 Å². The van der Waals surface area contributed by atoms with E-state index in [9.17, 15) is 28.8 Å². The van der Waals surface area contributed by atoms with E-state index in [4.69, 9.17) is 11.5 Å². The number of rotatable bonds is 12. The van der Waals surface area contributed by atoms with E-state index in [-0.39, 0.29) is 46.5 Å². The van der Waals surface area contributed by atoms with Gasteiger partial charge < -0.3 is 42.7 Å². The average Bonchev–Trinajstić information content (AvgIpc) is 3.79. The number of anilines is 2. The van der Waals surface area contributed by atoms with Crippen LogP contribution in [-0.2, 0) is 32.0 Å². The van der Waals surface area contributed by atoms with E-state index in [0.29, 0.717) is 0 Å². The molecule has 2 aromatic heterocycles. The van der Waals surface area contributed by atoms with Gasteiger partial charge in [-0.1, -0.05) is 60.7 Å². The first-order chi connectivity index (χ1) is 26.1. The Morgan fingerprint density at radius 3 is 1.37 bits per heavy atom. The minimum absolute atomic E-state index is 0.00903. The van der Waals surface area contributed by atoms with Crippen LogP contribution in [0, 0.1) is 0 Å². The van der Waals surface area contributed by atoms with Crippen LogP contribution in [0.25, 0.3) is 21.8 Å². The predicted octanol–water partition coefficient (Wildman–Crippen LogP) is 2.67. The Morgan fingerprint density at radius 2 is 0.944 bits per heavy atom. The lowest BCUT2D eigenvalue weighted by atomic mass is 9.82. The van der Waals surface area contributed by atoms with E-state index in [1.807, 2.05) is 48.5 Å². The van der Waals surface area contributed by atoms with E-state index in [1.165, 1.54) is 24.3 Å². The molecule has 0 aliphatic heterocycles. The highest BCUT2D eigenvalue weighted by atomic mass is 16.2. The predicted molar refractivity (Wildman–Crippen MR) is 203 cm³/mol. The summed E-state index contributed by atoms with van der Waals surface area (Å²) in [5, 5.41) is 12.2. The average molecular weight is 725 g/mol. The number of fused-ring (bicyclic) bond motifs is 4. The summed E-state index contributed by atoms with van der Waals surface area (Å²) in [6.07, 6.45) is 4.04. The van der Waals surface area contributed by atoms with Crippen molar-refractivity contribution < 1.29 is 28.8 Å². The standard InChI is InChI=1S/C40H36N8O6/c41-27(15-21-17-43-29-11-5-3-7-23(21)29)39(53)45-19-33(49)47-31-13-14-32(36-35(31)37(51)25-9-1-2-10-26(25)38(36)52)48-34(50)20-46-40(54)28(42)16-22-18-44-30-12-6-4-8-24(22)30/h1-14,17-18,27-28,43-44H,15-16,19-20,41-42H2,(H,45,53)(H,46,54)(H,47,49)(H,48,50)/t27-,28-/m1/s1. The van der Waals surface area contributed by atoms with E-state index >= 15 is 0 Å². The summed E-state index contributed by atoms with van der Waals surface area (Å²) in [7, 11) is 0. The van der Waals surface area contributed by atoms with Crippen molar-refractivity contribution in [2.75, 3.05) is 23.7 Å². The topological polar surface area (TPSA) is 234 Å². The molecule has 0 spiro atoms. The molecule has 2 atom stereocenters. The summed E-state index contributed by atoms with van der Waals surface area (Å²) in [6.45, 7) is -0.927. The second-order valence-electron chi connectivity index (χ2n) is 13.0. The van der Waals surface area contributed by atoms with Crippen molar-refractivity contribution in [3.63, 3.8) is 0 Å². The molecule has 4 aromatic carbocycles. The van der Waals surface area contributed by atoms with Gasteiger partial charge in [0.1, 0.15) is 0 Å². The zero-order valence-corrected chi connectivity index (χ0v) is 28.8. The highest BCUT2D eigenvalue weighted by Crippen LogP contribution is 2.36. The van der Waals surface area contributed by atoms with Crippen LogP contribution in [0.2, 0.25) is 0 Å². The largest absolute Gasteiger partial charge is 0.361 e. The first-order valence-electron chi connectivity index (χ1n) is 17.2. The van der Waals surface area contributed by atoms with E-state index in [0.717, 1.165) is 32.9 Å². The molecule has 0 saturated carbocycles. The molecular formula is C40H36N8O6. The normalized spacial score (nSPS) is 13.1. The molecular weight excluding hydrogens is 688 g/mol. The summed E-state index contributed by atoms with van der Waals surface area (Å²) in [5.41, 5.74) is 15.9. The molecule has 1 aliphatic rings. The minimum Gasteiger partial charge on any atom is -0.361 e. The molecule has 14 heteroatoms. The maximum Gasteiger partial charge on any atom is 0.243 e. The Kier molecular flexibility index (Phi) is 9.85. The molecule has 1 aliphatic carbocycles. The number of carbonyl (C=O) groups is 6. The van der Waals surface area contributed by atoms with Gasteiger partial charge in [-0.3, -0.25) is 28.8 Å². The Hall–Kier alpha value is -6.90. The van der Waals surface area contributed by atoms with Crippen LogP contribution in [0.4, 0.5) is 11.4 Å². The molecule has 4 amide bonds. The summed E-state index contributed by atoms with van der Waals surface area (Å²) >= 11 is 0. The van der Waals surface area contributed by atoms with Gasteiger partial charge in [0.2, 0.25) is 23.6 Å². The Labute approximate surface area is 308 Å². The number of benzene rings is 4. The Morgan fingerprint density at radius 1 is 0.556 bits per heavy atom. The fourth-order valence-corrected chi connectivity index (χ4v) is 6.68. The molecule has 0 fully saturated rings. The number of carbonyl (C=O) groups excluding carboxylic acids is 6. The number of ketones is 2. The van der Waals surface area contributed by atoms with Crippen molar-refractivity contribution in [2.45, 2.75) is 24.9 Å². The van der Waals surface area contributed by atoms with E-state index < -0.39 is 60.4 Å². The van der Waals surface area contributed by atoms with E-state index in [2.05, 4.69) is 31.2 Å². The lowest BCUT2D eigenvalue weighted by molar-refractivity contribution is -0.125. The molecule has 7 rings (SSSR count). The highest BCUT2D eigenvalue weighted by molar-refractivity contribution is 6.32. The van der Waals surface area contributed by atoms with Crippen molar-refractivity contribution in [1.29, 1.82) is 0 Å². The first-order valence-corrected chi connectivity index (χ1v) is 17.2. The summed E-state index contributed by atoms with van der Waals surface area (Å²) < 4.78 is 0. The smallest absolute Gasteiger partial charge is 0.243 e. The number of amides is 4. The van der Waals surface area contributed by atoms with Gasteiger partial charge in [-0.25, -0.2) is 0 Å². The molecule has 10 N–H and O–H groups in total. The number of hydrogen-bond acceptors (Lipinski definition) is 8. The van der Waals surface area contributed by atoms with Gasteiger partial charge >= 0.3 is 0 Å². The summed E-state index contributed by atoms with van der Waals surface area (Å²) in [6, 6.07) is 22.3. The third kappa shape index (κ3) is 7.11. The summed E-state index contributed by atoms with van der Waals surface area (Å²) in [5.74, 6) is -3.55. The number of nitrogens with one attached hydrogen (secondary N) is 6. The number of nitrogens with two attached hydrogens (primary N) is 2. The first kappa shape index (κ1) is 35.5. The van der Waals surface area contributed by atoms with Gasteiger partial charge in [0.05, 0.1) is 47.7 Å². The molecule has 2 heterocycles. The van der Waals surface area contributed by atoms with Crippen molar-refractivity contribution in [2.24, 2.45) is 11.5 Å². The van der Waals surface area contributed by atoms with Crippen molar-refractivity contribution >= 4 is 68.4 Å². The molecule has 0 saturated heterocycles. The Bertz CT molecular complexity index is 2310. The molecule has 6 aromatic rings. The maximum absolute atomic E-state index is 13.8. The molecule has 0 radical (unpaired) electrons. The summed E-state index contributed by atoms with van der Waals surface area (Å²) in [4.78, 5) is 85.8. The number of aromatic nitrogens is 2. The van der Waals surface area contributed by atoms with Crippen LogP contribution in [0.1, 0.15) is 43.0 Å². The van der Waals surface area contributed by atoms with Gasteiger partial charge in [0.15, 0.2) is 11.6 Å². The minimum atomic E-state index is -0.941. The van der Waals surface area contributed by atoms with Gasteiger partial charge in [0, 0.05) is 45.3 Å². The Balaban J connectivity index is 1.02. The van der Waals surface area contributed by atoms with Gasteiger partial charge in [-0.2, -0.15) is 0 Å². The fourth-order valence-electron chi connectivity index (χ4n) is 6.68. The number of hydrogen-bond donors (Lipinski definition) is 8. The van der Waals surface area contributed by atoms with Gasteiger partial charge in [-0.15, -0.1) is 0 Å². The zero-order chi connectivity index (χ0) is 37.9. The second kappa shape index (κ2) is 15.0. The fraction of sp³-hybridized carbons (Fsp3) is 0.150. The molecule has 272 valence electrons. The number of aromatic amines is 2. The molecule has 0 bridgehead atoms. The van der Waals surface area contributed by atoms with Crippen LogP contribution in [0.15, 0.2) is 97.3 Å². The van der Waals surface area contributed by atoms with Crippen LogP contribution >= 0.6 is 0 Å². The number of H-pyrrole nitrogens is 2. The quantitative estimate of drug-likeness (QED) is 0.0931. The lowest BCUT2D eigenvalue weighted by Gasteiger charge is -2.23. The van der Waals surface area contributed by atoms with Crippen molar-refractivity contribution in [1.82, 2.24) is 20.6 Å². The SMILES string of the molecule is N[C@H](Cc1c[nH]c2ccccc12)C(=O)NCC(=O)Nc1ccc(NC(=O)CNC(=O)[C@H](N)Cc2c[nH]c3ccccc23)c2c1C(=O)c1ccccc1C2=O. The maximum atomic E-state index is 13.8. The molecule has 14 nitrogen and oxygen atoms in total. The number of para-hydroxylation sites is 2. The molecule has 54 heavy (non-hydrogen) atoms. The molecule has 0 unspecified atom stereocenters. The monoisotopic (exact) mass is 724 g/mol. The van der Waals surface area contributed by atoms with Gasteiger partial charge in [-0.05, 0) is 48.2 Å².